The van der Waals surface area contributed by atoms with Crippen molar-refractivity contribution < 1.29 is 4.79 Å². The van der Waals surface area contributed by atoms with Crippen LogP contribution < -0.4 is 10.6 Å². The molecule has 2 aromatic heterocycles. The third kappa shape index (κ3) is 4.92. The van der Waals surface area contributed by atoms with E-state index in [0.717, 1.165) is 23.1 Å². The van der Waals surface area contributed by atoms with Gasteiger partial charge in [0.25, 0.3) is 5.91 Å². The molecule has 0 saturated heterocycles. The van der Waals surface area contributed by atoms with Gasteiger partial charge in [-0.25, -0.2) is 9.97 Å². The summed E-state index contributed by atoms with van der Waals surface area (Å²) in [6, 6.07) is 15.7. The van der Waals surface area contributed by atoms with Crippen LogP contribution >= 0.6 is 0 Å². The number of rotatable bonds is 8. The van der Waals surface area contributed by atoms with Gasteiger partial charge in [-0.05, 0) is 44.8 Å². The molecule has 1 atom stereocenters. The number of imidazole rings is 1. The van der Waals surface area contributed by atoms with Gasteiger partial charge in [0.1, 0.15) is 12.1 Å². The lowest BCUT2D eigenvalue weighted by Gasteiger charge is -2.15. The molecule has 0 aliphatic carbocycles. The molecule has 0 fully saturated rings. The van der Waals surface area contributed by atoms with Gasteiger partial charge >= 0.3 is 0 Å². The van der Waals surface area contributed by atoms with Crippen LogP contribution in [0.15, 0.2) is 67.3 Å². The SMILES string of the molecule is C[C@H](Nc1cncc(-n2cnc3ccc(C(=O)NCCN(C)C)cc32)n1)c1ccccc1. The van der Waals surface area contributed by atoms with E-state index >= 15 is 0 Å². The van der Waals surface area contributed by atoms with E-state index in [1.54, 1.807) is 24.8 Å². The molecule has 8 nitrogen and oxygen atoms in total. The molecule has 0 unspecified atom stereocenters. The van der Waals surface area contributed by atoms with E-state index in [0.29, 0.717) is 23.7 Å². The number of fused-ring (bicyclic) bond motifs is 1. The summed E-state index contributed by atoms with van der Waals surface area (Å²) in [5.41, 5.74) is 3.33. The Morgan fingerprint density at radius 2 is 1.94 bits per heavy atom. The van der Waals surface area contributed by atoms with E-state index in [9.17, 15) is 4.79 Å². The summed E-state index contributed by atoms with van der Waals surface area (Å²) in [5, 5.41) is 6.34. The molecule has 0 bridgehead atoms. The molecule has 2 N–H and O–H groups in total. The number of anilines is 1. The van der Waals surface area contributed by atoms with Gasteiger partial charge in [-0.3, -0.25) is 14.3 Å². The number of aromatic nitrogens is 4. The largest absolute Gasteiger partial charge is 0.362 e. The maximum absolute atomic E-state index is 12.6. The monoisotopic (exact) mass is 429 g/mol. The Balaban J connectivity index is 1.57. The molecule has 164 valence electrons. The zero-order valence-electron chi connectivity index (χ0n) is 18.5. The molecule has 0 aliphatic heterocycles. The number of nitrogens with one attached hydrogen (secondary N) is 2. The molecule has 0 aliphatic rings. The minimum Gasteiger partial charge on any atom is -0.362 e. The second kappa shape index (κ2) is 9.57. The number of likely N-dealkylation sites (N-methyl/N-ethyl adjacent to an activating group) is 1. The highest BCUT2D eigenvalue weighted by molar-refractivity contribution is 5.97. The van der Waals surface area contributed by atoms with Gasteiger partial charge in [0.2, 0.25) is 0 Å². The first kappa shape index (κ1) is 21.5. The molecule has 0 saturated carbocycles. The van der Waals surface area contributed by atoms with Crippen LogP contribution in [0.25, 0.3) is 16.9 Å². The highest BCUT2D eigenvalue weighted by atomic mass is 16.1. The molecule has 2 heterocycles. The number of hydrogen-bond donors (Lipinski definition) is 2. The topological polar surface area (TPSA) is 88.0 Å². The first-order valence-corrected chi connectivity index (χ1v) is 10.5. The average molecular weight is 430 g/mol. The van der Waals surface area contributed by atoms with E-state index in [2.05, 4.69) is 39.7 Å². The molecule has 4 rings (SSSR count). The van der Waals surface area contributed by atoms with Crippen LogP contribution in [0.2, 0.25) is 0 Å². The van der Waals surface area contributed by atoms with Gasteiger partial charge in [-0.2, -0.15) is 0 Å². The van der Waals surface area contributed by atoms with Gasteiger partial charge < -0.3 is 15.5 Å². The van der Waals surface area contributed by atoms with Crippen molar-refractivity contribution in [3.63, 3.8) is 0 Å². The summed E-state index contributed by atoms with van der Waals surface area (Å²) in [5.74, 6) is 1.18. The van der Waals surface area contributed by atoms with Gasteiger partial charge in [0, 0.05) is 24.7 Å². The lowest BCUT2D eigenvalue weighted by Crippen LogP contribution is -2.31. The minimum atomic E-state index is -0.111. The number of carbonyl (C=O) groups is 1. The standard InChI is InChI=1S/C24H27N7O/c1-17(18-7-5-4-6-8-18)28-22-14-25-15-23(29-22)31-16-27-20-10-9-19(13-21(20)31)24(32)26-11-12-30(2)3/h4-10,13-17H,11-12H2,1-3H3,(H,26,32)(H,28,29)/t17-/m0/s1. The molecular weight excluding hydrogens is 402 g/mol. The zero-order chi connectivity index (χ0) is 22.5. The Bertz CT molecular complexity index is 1200. The quantitative estimate of drug-likeness (QED) is 0.447. The smallest absolute Gasteiger partial charge is 0.251 e. The fourth-order valence-electron chi connectivity index (χ4n) is 3.41. The van der Waals surface area contributed by atoms with E-state index in [1.807, 2.05) is 53.9 Å². The average Bonchev–Trinajstić information content (AvgIpc) is 3.23. The highest BCUT2D eigenvalue weighted by Gasteiger charge is 2.12. The predicted octanol–water partition coefficient (Wildman–Crippen LogP) is 3.28. The number of nitrogens with zero attached hydrogens (tertiary/aromatic N) is 5. The van der Waals surface area contributed by atoms with Crippen molar-refractivity contribution in [3.8, 4) is 5.82 Å². The molecule has 32 heavy (non-hydrogen) atoms. The van der Waals surface area contributed by atoms with Crippen LogP contribution in [0.4, 0.5) is 5.82 Å². The van der Waals surface area contributed by atoms with Crippen molar-refractivity contribution >= 4 is 22.8 Å². The lowest BCUT2D eigenvalue weighted by molar-refractivity contribution is 0.0951. The molecular formula is C24H27N7O. The van der Waals surface area contributed by atoms with Crippen molar-refractivity contribution in [3.05, 3.63) is 78.4 Å². The molecule has 0 radical (unpaired) electrons. The summed E-state index contributed by atoms with van der Waals surface area (Å²) >= 11 is 0. The Hall–Kier alpha value is -3.78. The van der Waals surface area contributed by atoms with Crippen molar-refractivity contribution in [2.75, 3.05) is 32.5 Å². The minimum absolute atomic E-state index is 0.0812. The number of amides is 1. The van der Waals surface area contributed by atoms with E-state index in [1.165, 1.54) is 0 Å². The van der Waals surface area contributed by atoms with Crippen molar-refractivity contribution in [2.45, 2.75) is 13.0 Å². The summed E-state index contributed by atoms with van der Waals surface area (Å²) < 4.78 is 1.84. The van der Waals surface area contributed by atoms with Gasteiger partial charge in [-0.15, -0.1) is 0 Å². The van der Waals surface area contributed by atoms with E-state index < -0.39 is 0 Å². The van der Waals surface area contributed by atoms with Crippen LogP contribution in [0.3, 0.4) is 0 Å². The van der Waals surface area contributed by atoms with E-state index in [-0.39, 0.29) is 11.9 Å². The van der Waals surface area contributed by atoms with Gasteiger partial charge in [0.05, 0.1) is 23.4 Å². The fourth-order valence-corrected chi connectivity index (χ4v) is 3.41. The van der Waals surface area contributed by atoms with Crippen molar-refractivity contribution in [2.24, 2.45) is 0 Å². The Morgan fingerprint density at radius 3 is 2.72 bits per heavy atom. The van der Waals surface area contributed by atoms with Crippen LogP contribution in [0.1, 0.15) is 28.9 Å². The van der Waals surface area contributed by atoms with Crippen molar-refractivity contribution in [1.82, 2.24) is 29.7 Å². The third-order valence-electron chi connectivity index (χ3n) is 5.19. The van der Waals surface area contributed by atoms with E-state index in [4.69, 9.17) is 4.98 Å². The number of benzene rings is 2. The number of carbonyl (C=O) groups excluding carboxylic acids is 1. The Labute approximate surface area is 187 Å². The second-order valence-corrected chi connectivity index (χ2v) is 7.92. The van der Waals surface area contributed by atoms with Crippen LogP contribution in [-0.2, 0) is 0 Å². The van der Waals surface area contributed by atoms with Gasteiger partial charge in [-0.1, -0.05) is 30.3 Å². The van der Waals surface area contributed by atoms with Crippen LogP contribution in [0.5, 0.6) is 0 Å². The summed E-state index contributed by atoms with van der Waals surface area (Å²) in [6.07, 6.45) is 5.09. The van der Waals surface area contributed by atoms with Crippen LogP contribution in [-0.4, -0.2) is 57.5 Å². The maximum Gasteiger partial charge on any atom is 0.251 e. The first-order chi connectivity index (χ1) is 15.5. The van der Waals surface area contributed by atoms with Crippen molar-refractivity contribution in [1.29, 1.82) is 0 Å². The lowest BCUT2D eigenvalue weighted by atomic mass is 10.1. The van der Waals surface area contributed by atoms with Gasteiger partial charge in [0.15, 0.2) is 5.82 Å². The summed E-state index contributed by atoms with van der Waals surface area (Å²) in [4.78, 5) is 28.1. The highest BCUT2D eigenvalue weighted by Crippen LogP contribution is 2.21. The summed E-state index contributed by atoms with van der Waals surface area (Å²) in [7, 11) is 3.95. The molecule has 2 aromatic carbocycles. The fraction of sp³-hybridized carbons (Fsp3) is 0.250. The Morgan fingerprint density at radius 1 is 1.12 bits per heavy atom. The molecule has 0 spiro atoms. The van der Waals surface area contributed by atoms with Crippen LogP contribution in [0, 0.1) is 0 Å². The maximum atomic E-state index is 12.6. The molecule has 1 amide bonds. The predicted molar refractivity (Wildman–Crippen MR) is 126 cm³/mol. The third-order valence-corrected chi connectivity index (χ3v) is 5.19. The zero-order valence-corrected chi connectivity index (χ0v) is 18.5. The summed E-state index contributed by atoms with van der Waals surface area (Å²) in [6.45, 7) is 3.45. The molecule has 8 heteroatoms. The second-order valence-electron chi connectivity index (χ2n) is 7.92. The number of hydrogen-bond acceptors (Lipinski definition) is 6. The first-order valence-electron chi connectivity index (χ1n) is 10.5. The molecule has 4 aromatic rings. The Kier molecular flexibility index (Phi) is 6.42. The normalized spacial score (nSPS) is 12.1.